The van der Waals surface area contributed by atoms with Gasteiger partial charge in [-0.25, -0.2) is 0 Å². The van der Waals surface area contributed by atoms with E-state index >= 15 is 0 Å². The van der Waals surface area contributed by atoms with Gasteiger partial charge in [-0.3, -0.25) is 4.79 Å². The average molecular weight is 380 g/mol. The monoisotopic (exact) mass is 380 g/mol. The van der Waals surface area contributed by atoms with Gasteiger partial charge in [-0.05, 0) is 29.4 Å². The molecule has 4 aromatic rings. The van der Waals surface area contributed by atoms with Crippen LogP contribution in [-0.2, 0) is 6.42 Å². The second-order valence-electron chi connectivity index (χ2n) is 6.60. The molecule has 0 radical (unpaired) electrons. The molecular weight excluding hydrogens is 359 g/mol. The smallest absolute Gasteiger partial charge is 0.167 e. The normalized spacial score (nSPS) is 10.8. The third-order valence-electron chi connectivity index (χ3n) is 4.71. The zero-order chi connectivity index (χ0) is 19.2. The van der Waals surface area contributed by atoms with Crippen LogP contribution in [0.5, 0.6) is 0 Å². The Kier molecular flexibility index (Phi) is 5.75. The maximum atomic E-state index is 12.9. The predicted octanol–water partition coefficient (Wildman–Crippen LogP) is 4.87. The van der Waals surface area contributed by atoms with Crippen molar-refractivity contribution >= 4 is 29.6 Å². The summed E-state index contributed by atoms with van der Waals surface area (Å²) >= 11 is 0. The molecule has 0 N–H and O–H groups in total. The van der Waals surface area contributed by atoms with E-state index in [0.29, 0.717) is 6.42 Å². The van der Waals surface area contributed by atoms with E-state index in [0.717, 1.165) is 11.1 Å². The standard InChI is InChI=1S/C26H21OP/c27-25(21-12-4-1-5-13-21)20-22-14-10-11-19-26(22)28(23-15-6-2-7-16-23)24-17-8-3-9-18-24/h1-19H,20H2. The van der Waals surface area contributed by atoms with Crippen molar-refractivity contribution in [2.24, 2.45) is 0 Å². The van der Waals surface area contributed by atoms with Gasteiger partial charge in [0.15, 0.2) is 5.78 Å². The van der Waals surface area contributed by atoms with Crippen molar-refractivity contribution < 1.29 is 4.79 Å². The first kappa shape index (κ1) is 18.3. The molecule has 2 heteroatoms. The van der Waals surface area contributed by atoms with Gasteiger partial charge in [0.2, 0.25) is 0 Å². The van der Waals surface area contributed by atoms with E-state index < -0.39 is 7.92 Å². The highest BCUT2D eigenvalue weighted by Gasteiger charge is 2.20. The average Bonchev–Trinajstić information content (AvgIpc) is 2.77. The molecule has 0 saturated carbocycles. The molecule has 1 nitrogen and oxygen atoms in total. The zero-order valence-corrected chi connectivity index (χ0v) is 16.4. The van der Waals surface area contributed by atoms with Gasteiger partial charge in [0, 0.05) is 12.0 Å². The van der Waals surface area contributed by atoms with Crippen LogP contribution in [0.15, 0.2) is 115 Å². The predicted molar refractivity (Wildman–Crippen MR) is 120 cm³/mol. The Hall–Kier alpha value is -3.02. The Morgan fingerprint density at radius 3 is 1.61 bits per heavy atom. The lowest BCUT2D eigenvalue weighted by molar-refractivity contribution is 0.0993. The first-order valence-corrected chi connectivity index (χ1v) is 10.7. The molecule has 4 aromatic carbocycles. The molecule has 0 fully saturated rings. The number of Topliss-reactive ketones (excluding diaryl/α,β-unsaturated/α-hetero) is 1. The minimum atomic E-state index is -0.719. The topological polar surface area (TPSA) is 17.1 Å². The lowest BCUT2D eigenvalue weighted by Gasteiger charge is -2.22. The Balaban J connectivity index is 1.77. The largest absolute Gasteiger partial charge is 0.294 e. The molecule has 0 aliphatic carbocycles. The minimum absolute atomic E-state index is 0.157. The van der Waals surface area contributed by atoms with E-state index in [1.165, 1.54) is 15.9 Å². The highest BCUT2D eigenvalue weighted by Crippen LogP contribution is 2.34. The van der Waals surface area contributed by atoms with Crippen molar-refractivity contribution in [1.29, 1.82) is 0 Å². The van der Waals surface area contributed by atoms with Crippen LogP contribution >= 0.6 is 7.92 Å². The molecule has 0 amide bonds. The van der Waals surface area contributed by atoms with E-state index in [4.69, 9.17) is 0 Å². The second kappa shape index (κ2) is 8.78. The summed E-state index contributed by atoms with van der Waals surface area (Å²) in [5, 5.41) is 3.84. The summed E-state index contributed by atoms with van der Waals surface area (Å²) in [7, 11) is -0.719. The van der Waals surface area contributed by atoms with Crippen LogP contribution in [0.1, 0.15) is 15.9 Å². The van der Waals surface area contributed by atoms with Crippen molar-refractivity contribution in [3.8, 4) is 0 Å². The molecule has 0 aromatic heterocycles. The van der Waals surface area contributed by atoms with E-state index in [1.807, 2.05) is 48.5 Å². The molecule has 0 bridgehead atoms. The molecule has 28 heavy (non-hydrogen) atoms. The van der Waals surface area contributed by atoms with Crippen LogP contribution in [0.25, 0.3) is 0 Å². The van der Waals surface area contributed by atoms with Gasteiger partial charge in [-0.15, -0.1) is 0 Å². The summed E-state index contributed by atoms with van der Waals surface area (Å²) in [6.45, 7) is 0. The highest BCUT2D eigenvalue weighted by atomic mass is 31.1. The fourth-order valence-electron chi connectivity index (χ4n) is 3.36. The minimum Gasteiger partial charge on any atom is -0.294 e. The summed E-state index contributed by atoms with van der Waals surface area (Å²) in [6, 6.07) is 39.1. The maximum Gasteiger partial charge on any atom is 0.167 e. The number of benzene rings is 4. The van der Waals surface area contributed by atoms with E-state index in [2.05, 4.69) is 66.7 Å². The lowest BCUT2D eigenvalue weighted by Crippen LogP contribution is -2.24. The van der Waals surface area contributed by atoms with Gasteiger partial charge in [-0.2, -0.15) is 0 Å². The molecule has 0 aliphatic rings. The van der Waals surface area contributed by atoms with Crippen LogP contribution < -0.4 is 15.9 Å². The number of carbonyl (C=O) groups is 1. The van der Waals surface area contributed by atoms with Gasteiger partial charge in [-0.1, -0.05) is 115 Å². The van der Waals surface area contributed by atoms with Crippen molar-refractivity contribution in [2.75, 3.05) is 0 Å². The molecule has 0 unspecified atom stereocenters. The quantitative estimate of drug-likeness (QED) is 0.345. The van der Waals surface area contributed by atoms with E-state index in [-0.39, 0.29) is 5.78 Å². The van der Waals surface area contributed by atoms with Crippen LogP contribution in [-0.4, -0.2) is 5.78 Å². The SMILES string of the molecule is O=C(Cc1ccccc1P(c1ccccc1)c1ccccc1)c1ccccc1. The molecule has 4 rings (SSSR count). The maximum absolute atomic E-state index is 12.9. The summed E-state index contributed by atoms with van der Waals surface area (Å²) in [6.07, 6.45) is 0.415. The van der Waals surface area contributed by atoms with Crippen molar-refractivity contribution in [1.82, 2.24) is 0 Å². The number of carbonyl (C=O) groups excluding carboxylic acids is 1. The fraction of sp³-hybridized carbons (Fsp3) is 0.0385. The van der Waals surface area contributed by atoms with Gasteiger partial charge in [0.05, 0.1) is 0 Å². The third kappa shape index (κ3) is 4.11. The van der Waals surface area contributed by atoms with Crippen LogP contribution in [0.3, 0.4) is 0 Å². The molecule has 0 heterocycles. The van der Waals surface area contributed by atoms with Gasteiger partial charge in [0.1, 0.15) is 0 Å². The third-order valence-corrected chi connectivity index (χ3v) is 7.26. The number of hydrogen-bond acceptors (Lipinski definition) is 1. The Labute approximate surface area is 167 Å². The summed E-state index contributed by atoms with van der Waals surface area (Å²) in [5.41, 5.74) is 1.87. The van der Waals surface area contributed by atoms with Gasteiger partial charge in [0.25, 0.3) is 0 Å². The molecule has 0 saturated heterocycles. The molecule has 0 atom stereocenters. The molecule has 0 aliphatic heterocycles. The van der Waals surface area contributed by atoms with Crippen molar-refractivity contribution in [3.63, 3.8) is 0 Å². The summed E-state index contributed by atoms with van der Waals surface area (Å²) in [4.78, 5) is 12.9. The van der Waals surface area contributed by atoms with Crippen LogP contribution in [0.4, 0.5) is 0 Å². The fourth-order valence-corrected chi connectivity index (χ4v) is 5.83. The highest BCUT2D eigenvalue weighted by molar-refractivity contribution is 7.79. The Morgan fingerprint density at radius 2 is 1.04 bits per heavy atom. The zero-order valence-electron chi connectivity index (χ0n) is 15.5. The second-order valence-corrected chi connectivity index (χ2v) is 8.79. The Bertz CT molecular complexity index is 1000. The van der Waals surface area contributed by atoms with Gasteiger partial charge < -0.3 is 0 Å². The van der Waals surface area contributed by atoms with E-state index in [9.17, 15) is 4.79 Å². The first-order valence-electron chi connectivity index (χ1n) is 9.39. The number of ketones is 1. The Morgan fingerprint density at radius 1 is 0.571 bits per heavy atom. The molecule has 136 valence electrons. The first-order chi connectivity index (χ1) is 13.8. The van der Waals surface area contributed by atoms with Crippen molar-refractivity contribution in [3.05, 3.63) is 126 Å². The van der Waals surface area contributed by atoms with E-state index in [1.54, 1.807) is 0 Å². The lowest BCUT2D eigenvalue weighted by atomic mass is 10.0. The summed E-state index contributed by atoms with van der Waals surface area (Å²) < 4.78 is 0. The molecular formula is C26H21OP. The summed E-state index contributed by atoms with van der Waals surface area (Å²) in [5.74, 6) is 0.157. The van der Waals surface area contributed by atoms with Crippen LogP contribution in [0, 0.1) is 0 Å². The van der Waals surface area contributed by atoms with Crippen molar-refractivity contribution in [2.45, 2.75) is 6.42 Å². The number of hydrogen-bond donors (Lipinski definition) is 0. The molecule has 0 spiro atoms. The van der Waals surface area contributed by atoms with Crippen LogP contribution in [0.2, 0.25) is 0 Å². The number of rotatable bonds is 6. The van der Waals surface area contributed by atoms with Gasteiger partial charge >= 0.3 is 0 Å².